The molecule has 0 aliphatic heterocycles. The van der Waals surface area contributed by atoms with E-state index in [1.54, 1.807) is 0 Å². The first kappa shape index (κ1) is 13.0. The number of hydrogen-bond acceptors (Lipinski definition) is 6. The van der Waals surface area contributed by atoms with Crippen molar-refractivity contribution in [2.75, 3.05) is 11.9 Å². The minimum Gasteiger partial charge on any atom is -0.369 e. The molecule has 0 atom stereocenters. The summed E-state index contributed by atoms with van der Waals surface area (Å²) in [5.74, 6) is 0.716. The van der Waals surface area contributed by atoms with Crippen LogP contribution >= 0.6 is 27.7 Å². The van der Waals surface area contributed by atoms with E-state index in [-0.39, 0.29) is 5.56 Å². The Morgan fingerprint density at radius 3 is 3.00 bits per heavy atom. The van der Waals surface area contributed by atoms with Crippen LogP contribution in [0.25, 0.3) is 0 Å². The number of nitrogens with zero attached hydrogens (tertiary/aromatic N) is 3. The first-order valence-corrected chi connectivity index (χ1v) is 6.79. The topological polar surface area (TPSA) is 83.6 Å². The number of aromatic amines is 1. The fraction of sp³-hybridized carbons (Fsp3) is 0.200. The second-order valence-corrected chi connectivity index (χ2v) is 4.98. The maximum atomic E-state index is 11.2. The smallest absolute Gasteiger partial charge is 0.251 e. The van der Waals surface area contributed by atoms with Crippen molar-refractivity contribution >= 4 is 33.5 Å². The van der Waals surface area contributed by atoms with Crippen molar-refractivity contribution in [2.24, 2.45) is 0 Å². The number of nitrogens with one attached hydrogen (secondary N) is 2. The van der Waals surface area contributed by atoms with Gasteiger partial charge in [0.15, 0.2) is 5.16 Å². The monoisotopic (exact) mass is 327 g/mol. The van der Waals surface area contributed by atoms with Crippen molar-refractivity contribution in [2.45, 2.75) is 17.1 Å². The number of rotatable bonds is 4. The molecule has 0 saturated heterocycles. The SMILES string of the molecule is CCNc1ncnc(Sc2nccc(=O)[nH]2)c1Br. The highest BCUT2D eigenvalue weighted by Gasteiger charge is 2.10. The van der Waals surface area contributed by atoms with Crippen LogP contribution < -0.4 is 10.9 Å². The Labute approximate surface area is 116 Å². The zero-order chi connectivity index (χ0) is 13.0. The summed E-state index contributed by atoms with van der Waals surface area (Å²) < 4.78 is 0.753. The molecule has 0 aromatic carbocycles. The van der Waals surface area contributed by atoms with Gasteiger partial charge >= 0.3 is 0 Å². The number of halogens is 1. The highest BCUT2D eigenvalue weighted by Crippen LogP contribution is 2.32. The first-order valence-electron chi connectivity index (χ1n) is 5.18. The van der Waals surface area contributed by atoms with Crippen LogP contribution in [0.2, 0.25) is 0 Å². The maximum absolute atomic E-state index is 11.2. The molecule has 0 bridgehead atoms. The summed E-state index contributed by atoms with van der Waals surface area (Å²) in [7, 11) is 0. The lowest BCUT2D eigenvalue weighted by Crippen LogP contribution is -2.06. The molecule has 0 spiro atoms. The van der Waals surface area contributed by atoms with Crippen LogP contribution in [0.15, 0.2) is 38.0 Å². The van der Waals surface area contributed by atoms with Gasteiger partial charge in [0.05, 0.1) is 4.47 Å². The van der Waals surface area contributed by atoms with Crippen molar-refractivity contribution in [1.29, 1.82) is 0 Å². The van der Waals surface area contributed by atoms with E-state index >= 15 is 0 Å². The zero-order valence-corrected chi connectivity index (χ0v) is 11.9. The van der Waals surface area contributed by atoms with Gasteiger partial charge in [0.2, 0.25) is 0 Å². The Bertz CT molecular complexity index is 603. The van der Waals surface area contributed by atoms with E-state index in [0.29, 0.717) is 16.0 Å². The lowest BCUT2D eigenvalue weighted by Gasteiger charge is -2.07. The average molecular weight is 328 g/mol. The third kappa shape index (κ3) is 3.08. The molecule has 2 heterocycles. The van der Waals surface area contributed by atoms with Gasteiger partial charge in [-0.25, -0.2) is 15.0 Å². The molecule has 18 heavy (non-hydrogen) atoms. The molecule has 0 amide bonds. The summed E-state index contributed by atoms with van der Waals surface area (Å²) in [6.45, 7) is 2.75. The largest absolute Gasteiger partial charge is 0.369 e. The summed E-state index contributed by atoms with van der Waals surface area (Å²) in [5, 5.41) is 4.29. The van der Waals surface area contributed by atoms with E-state index in [4.69, 9.17) is 0 Å². The van der Waals surface area contributed by atoms with E-state index in [2.05, 4.69) is 41.2 Å². The summed E-state index contributed by atoms with van der Waals surface area (Å²) in [4.78, 5) is 26.1. The molecule has 0 aliphatic carbocycles. The number of hydrogen-bond donors (Lipinski definition) is 2. The molecule has 6 nitrogen and oxygen atoms in total. The molecule has 0 unspecified atom stereocenters. The molecule has 2 aromatic rings. The molecule has 0 fully saturated rings. The summed E-state index contributed by atoms with van der Waals surface area (Å²) in [6.07, 6.45) is 2.92. The van der Waals surface area contributed by atoms with Gasteiger partial charge in [0.1, 0.15) is 17.2 Å². The van der Waals surface area contributed by atoms with Crippen LogP contribution in [0.5, 0.6) is 0 Å². The molecular weight excluding hydrogens is 318 g/mol. The van der Waals surface area contributed by atoms with Gasteiger partial charge < -0.3 is 10.3 Å². The number of aromatic nitrogens is 4. The van der Waals surface area contributed by atoms with Crippen LogP contribution in [0.1, 0.15) is 6.92 Å². The first-order chi connectivity index (χ1) is 8.70. The second kappa shape index (κ2) is 5.96. The van der Waals surface area contributed by atoms with E-state index in [0.717, 1.165) is 11.0 Å². The van der Waals surface area contributed by atoms with E-state index in [9.17, 15) is 4.79 Å². The van der Waals surface area contributed by atoms with E-state index < -0.39 is 0 Å². The van der Waals surface area contributed by atoms with Crippen LogP contribution in [0.3, 0.4) is 0 Å². The third-order valence-corrected chi connectivity index (χ3v) is 3.86. The van der Waals surface area contributed by atoms with Gasteiger partial charge in [-0.05, 0) is 34.6 Å². The Hall–Kier alpha value is -1.41. The molecule has 2 aromatic heterocycles. The van der Waals surface area contributed by atoms with Crippen LogP contribution in [-0.2, 0) is 0 Å². The van der Waals surface area contributed by atoms with Gasteiger partial charge in [0, 0.05) is 18.8 Å². The second-order valence-electron chi connectivity index (χ2n) is 3.21. The summed E-state index contributed by atoms with van der Waals surface area (Å²) in [6, 6.07) is 1.36. The molecule has 2 N–H and O–H groups in total. The normalized spacial score (nSPS) is 10.3. The summed E-state index contributed by atoms with van der Waals surface area (Å²) in [5.41, 5.74) is -0.190. The highest BCUT2D eigenvalue weighted by atomic mass is 79.9. The van der Waals surface area contributed by atoms with Crippen molar-refractivity contribution in [3.05, 3.63) is 33.4 Å². The van der Waals surface area contributed by atoms with Crippen molar-refractivity contribution < 1.29 is 0 Å². The van der Waals surface area contributed by atoms with E-state index in [1.807, 2.05) is 6.92 Å². The van der Waals surface area contributed by atoms with Gasteiger partial charge in [-0.2, -0.15) is 0 Å². The van der Waals surface area contributed by atoms with Crippen LogP contribution in [-0.4, -0.2) is 26.5 Å². The summed E-state index contributed by atoms with van der Waals surface area (Å²) >= 11 is 4.69. The minimum absolute atomic E-state index is 0.190. The number of H-pyrrole nitrogens is 1. The van der Waals surface area contributed by atoms with Crippen molar-refractivity contribution in [1.82, 2.24) is 19.9 Å². The van der Waals surface area contributed by atoms with Crippen molar-refractivity contribution in [3.8, 4) is 0 Å². The predicted molar refractivity (Wildman–Crippen MR) is 72.9 cm³/mol. The maximum Gasteiger partial charge on any atom is 0.251 e. The highest BCUT2D eigenvalue weighted by molar-refractivity contribution is 9.10. The third-order valence-electron chi connectivity index (χ3n) is 1.94. The van der Waals surface area contributed by atoms with Gasteiger partial charge in [-0.3, -0.25) is 4.79 Å². The lowest BCUT2D eigenvalue weighted by atomic mass is 10.5. The molecule has 0 saturated carbocycles. The lowest BCUT2D eigenvalue weighted by molar-refractivity contribution is 0.926. The molecule has 94 valence electrons. The Morgan fingerprint density at radius 1 is 1.44 bits per heavy atom. The molecule has 0 radical (unpaired) electrons. The van der Waals surface area contributed by atoms with Gasteiger partial charge in [-0.1, -0.05) is 0 Å². The average Bonchev–Trinajstić information content (AvgIpc) is 2.35. The fourth-order valence-corrected chi connectivity index (χ4v) is 2.53. The Balaban J connectivity index is 2.29. The molecule has 0 aliphatic rings. The Morgan fingerprint density at radius 2 is 2.28 bits per heavy atom. The molecule has 8 heteroatoms. The predicted octanol–water partition coefficient (Wildman–Crippen LogP) is 1.91. The van der Waals surface area contributed by atoms with Gasteiger partial charge in [0.25, 0.3) is 5.56 Å². The minimum atomic E-state index is -0.190. The van der Waals surface area contributed by atoms with Gasteiger partial charge in [-0.15, -0.1) is 0 Å². The van der Waals surface area contributed by atoms with Crippen molar-refractivity contribution in [3.63, 3.8) is 0 Å². The van der Waals surface area contributed by atoms with Crippen LogP contribution in [0, 0.1) is 0 Å². The van der Waals surface area contributed by atoms with E-state index in [1.165, 1.54) is 30.4 Å². The quantitative estimate of drug-likeness (QED) is 0.659. The molecular formula is C10H10BrN5OS. The fourth-order valence-electron chi connectivity index (χ4n) is 1.21. The standard InChI is InChI=1S/C10H10BrN5OS/c1-2-12-8-7(11)9(15-5-14-8)18-10-13-4-3-6(17)16-10/h3-5H,2H2,1H3,(H,12,14,15)(H,13,16,17). The Kier molecular flexibility index (Phi) is 4.32. The number of anilines is 1. The zero-order valence-electron chi connectivity index (χ0n) is 9.48. The molecule has 2 rings (SSSR count). The van der Waals surface area contributed by atoms with Crippen LogP contribution in [0.4, 0.5) is 5.82 Å².